The number of thiocarbonyl (C=S) groups is 1. The molecule has 3 aromatic rings. The number of nitrogens with one attached hydrogen (secondary N) is 2. The number of anilines is 4. The number of hydrogen-bond donors (Lipinski definition) is 2. The van der Waals surface area contributed by atoms with Crippen LogP contribution in [-0.2, 0) is 6.54 Å². The van der Waals surface area contributed by atoms with Crippen LogP contribution in [0.15, 0.2) is 60.7 Å². The van der Waals surface area contributed by atoms with E-state index in [1.54, 1.807) is 0 Å². The number of piperazine rings is 1. The molecule has 0 radical (unpaired) electrons. The first-order chi connectivity index (χ1) is 17.7. The summed E-state index contributed by atoms with van der Waals surface area (Å²) in [7, 11) is 0. The molecule has 2 fully saturated rings. The van der Waals surface area contributed by atoms with Crippen LogP contribution in [0.3, 0.4) is 0 Å². The van der Waals surface area contributed by atoms with Gasteiger partial charge in [-0.05, 0) is 55.2 Å². The SMILES string of the molecule is S=C(NCc1ccccc1Cl)Nc1nc(N2CCCCC2)cc(N2CCN(c3ccccc3)CC2)n1. The van der Waals surface area contributed by atoms with Gasteiger partial charge in [0.15, 0.2) is 5.11 Å². The van der Waals surface area contributed by atoms with Gasteiger partial charge in [0.1, 0.15) is 11.6 Å². The molecule has 2 aliphatic rings. The van der Waals surface area contributed by atoms with Gasteiger partial charge >= 0.3 is 0 Å². The Bertz CT molecular complexity index is 1160. The Morgan fingerprint density at radius 1 is 0.778 bits per heavy atom. The highest BCUT2D eigenvalue weighted by Crippen LogP contribution is 2.26. The van der Waals surface area contributed by atoms with E-state index in [0.717, 1.165) is 56.5 Å². The molecule has 3 heterocycles. The first-order valence-corrected chi connectivity index (χ1v) is 13.4. The summed E-state index contributed by atoms with van der Waals surface area (Å²) in [5.41, 5.74) is 2.26. The molecule has 2 aliphatic heterocycles. The first-order valence-electron chi connectivity index (χ1n) is 12.6. The summed E-state index contributed by atoms with van der Waals surface area (Å²) in [6.07, 6.45) is 3.66. The van der Waals surface area contributed by atoms with Gasteiger partial charge < -0.3 is 25.3 Å². The van der Waals surface area contributed by atoms with Crippen molar-refractivity contribution in [2.45, 2.75) is 25.8 Å². The summed E-state index contributed by atoms with van der Waals surface area (Å²) in [5, 5.41) is 7.64. The zero-order valence-electron chi connectivity index (χ0n) is 20.4. The van der Waals surface area contributed by atoms with Gasteiger partial charge in [-0.25, -0.2) is 0 Å². The van der Waals surface area contributed by atoms with Crippen molar-refractivity contribution in [2.24, 2.45) is 0 Å². The molecule has 2 aromatic carbocycles. The van der Waals surface area contributed by atoms with Crippen molar-refractivity contribution in [1.29, 1.82) is 0 Å². The van der Waals surface area contributed by atoms with E-state index in [1.807, 2.05) is 24.3 Å². The molecule has 0 unspecified atom stereocenters. The quantitative estimate of drug-likeness (QED) is 0.443. The van der Waals surface area contributed by atoms with Crippen LogP contribution in [0.25, 0.3) is 0 Å². The average molecular weight is 522 g/mol. The predicted octanol–water partition coefficient (Wildman–Crippen LogP) is 4.93. The molecule has 2 saturated heterocycles. The Morgan fingerprint density at radius 3 is 2.08 bits per heavy atom. The van der Waals surface area contributed by atoms with Crippen molar-refractivity contribution in [2.75, 3.05) is 59.3 Å². The number of hydrogen-bond acceptors (Lipinski definition) is 6. The minimum Gasteiger partial charge on any atom is -0.368 e. The summed E-state index contributed by atoms with van der Waals surface area (Å²) in [4.78, 5) is 16.8. The molecule has 0 aliphatic carbocycles. The van der Waals surface area contributed by atoms with Crippen LogP contribution in [-0.4, -0.2) is 54.3 Å². The number of piperidine rings is 1. The molecular formula is C27H32ClN7S. The van der Waals surface area contributed by atoms with Gasteiger partial charge in [0.2, 0.25) is 5.95 Å². The van der Waals surface area contributed by atoms with Crippen LogP contribution in [0.5, 0.6) is 0 Å². The third kappa shape index (κ3) is 6.17. The Labute approximate surface area is 223 Å². The molecular weight excluding hydrogens is 490 g/mol. The highest BCUT2D eigenvalue weighted by Gasteiger charge is 2.22. The fourth-order valence-corrected chi connectivity index (χ4v) is 5.09. The minimum atomic E-state index is 0.477. The number of aromatic nitrogens is 2. The second kappa shape index (κ2) is 11.8. The summed E-state index contributed by atoms with van der Waals surface area (Å²) in [6.45, 7) is 6.28. The van der Waals surface area contributed by atoms with Crippen molar-refractivity contribution in [3.05, 3.63) is 71.2 Å². The highest BCUT2D eigenvalue weighted by atomic mass is 35.5. The molecule has 36 heavy (non-hydrogen) atoms. The average Bonchev–Trinajstić information content (AvgIpc) is 2.93. The summed E-state index contributed by atoms with van der Waals surface area (Å²) >= 11 is 11.9. The molecule has 0 saturated carbocycles. The highest BCUT2D eigenvalue weighted by molar-refractivity contribution is 7.80. The molecule has 0 atom stereocenters. The Balaban J connectivity index is 1.29. The molecule has 0 bridgehead atoms. The van der Waals surface area contributed by atoms with E-state index in [0.29, 0.717) is 22.6 Å². The third-order valence-electron chi connectivity index (χ3n) is 6.73. The predicted molar refractivity (Wildman–Crippen MR) is 153 cm³/mol. The van der Waals surface area contributed by atoms with Crippen molar-refractivity contribution >= 4 is 52.2 Å². The van der Waals surface area contributed by atoms with E-state index < -0.39 is 0 Å². The van der Waals surface area contributed by atoms with Crippen LogP contribution in [0.2, 0.25) is 5.02 Å². The van der Waals surface area contributed by atoms with E-state index >= 15 is 0 Å². The number of nitrogens with zero attached hydrogens (tertiary/aromatic N) is 5. The van der Waals surface area contributed by atoms with Crippen molar-refractivity contribution in [3.63, 3.8) is 0 Å². The summed E-state index contributed by atoms with van der Waals surface area (Å²) < 4.78 is 0. The summed E-state index contributed by atoms with van der Waals surface area (Å²) in [6, 6.07) is 20.5. The molecule has 0 spiro atoms. The van der Waals surface area contributed by atoms with E-state index in [4.69, 9.17) is 33.8 Å². The van der Waals surface area contributed by atoms with E-state index in [2.05, 4.69) is 61.7 Å². The lowest BCUT2D eigenvalue weighted by atomic mass is 10.1. The minimum absolute atomic E-state index is 0.477. The lowest BCUT2D eigenvalue weighted by molar-refractivity contribution is 0.573. The van der Waals surface area contributed by atoms with Crippen molar-refractivity contribution in [1.82, 2.24) is 15.3 Å². The van der Waals surface area contributed by atoms with Gasteiger partial charge in [0.25, 0.3) is 0 Å². The van der Waals surface area contributed by atoms with Crippen LogP contribution in [0.1, 0.15) is 24.8 Å². The van der Waals surface area contributed by atoms with E-state index in [1.165, 1.54) is 24.9 Å². The summed E-state index contributed by atoms with van der Waals surface area (Å²) in [5.74, 6) is 2.42. The molecule has 188 valence electrons. The van der Waals surface area contributed by atoms with E-state index in [-0.39, 0.29) is 0 Å². The lowest BCUT2D eigenvalue weighted by Crippen LogP contribution is -2.47. The van der Waals surface area contributed by atoms with Gasteiger partial charge in [-0.2, -0.15) is 9.97 Å². The lowest BCUT2D eigenvalue weighted by Gasteiger charge is -2.37. The van der Waals surface area contributed by atoms with Crippen molar-refractivity contribution in [3.8, 4) is 0 Å². The maximum atomic E-state index is 6.29. The zero-order valence-corrected chi connectivity index (χ0v) is 21.9. The smallest absolute Gasteiger partial charge is 0.232 e. The molecule has 9 heteroatoms. The van der Waals surface area contributed by atoms with Gasteiger partial charge in [-0.15, -0.1) is 0 Å². The first kappa shape index (κ1) is 24.6. The number of rotatable bonds is 6. The standard InChI is InChI=1S/C27H32ClN7S/c28-23-12-6-5-9-21(23)20-29-27(36)32-26-30-24(34-13-7-2-8-14-34)19-25(31-26)35-17-15-33(16-18-35)22-10-3-1-4-11-22/h1,3-6,9-12,19H,2,7-8,13-18,20H2,(H2,29,30,31,32,36). The maximum Gasteiger partial charge on any atom is 0.232 e. The van der Waals surface area contributed by atoms with Gasteiger partial charge in [-0.3, -0.25) is 0 Å². The largest absolute Gasteiger partial charge is 0.368 e. The molecule has 1 aromatic heterocycles. The normalized spacial score (nSPS) is 16.1. The maximum absolute atomic E-state index is 6.29. The fourth-order valence-electron chi connectivity index (χ4n) is 4.72. The Kier molecular flexibility index (Phi) is 8.03. The second-order valence-electron chi connectivity index (χ2n) is 9.16. The van der Waals surface area contributed by atoms with Crippen LogP contribution >= 0.6 is 23.8 Å². The molecule has 0 amide bonds. The number of halogens is 1. The number of benzene rings is 2. The second-order valence-corrected chi connectivity index (χ2v) is 9.98. The van der Waals surface area contributed by atoms with Gasteiger partial charge in [0.05, 0.1) is 0 Å². The molecule has 2 N–H and O–H groups in total. The molecule has 7 nitrogen and oxygen atoms in total. The van der Waals surface area contributed by atoms with Crippen molar-refractivity contribution < 1.29 is 0 Å². The zero-order chi connectivity index (χ0) is 24.7. The monoisotopic (exact) mass is 521 g/mol. The Morgan fingerprint density at radius 2 is 1.39 bits per heavy atom. The van der Waals surface area contributed by atoms with Gasteiger partial charge in [0, 0.05) is 62.6 Å². The van der Waals surface area contributed by atoms with E-state index in [9.17, 15) is 0 Å². The fraction of sp³-hybridized carbons (Fsp3) is 0.370. The molecule has 5 rings (SSSR count). The van der Waals surface area contributed by atoms with Crippen LogP contribution < -0.4 is 25.3 Å². The topological polar surface area (TPSA) is 59.6 Å². The third-order valence-corrected chi connectivity index (χ3v) is 7.34. The Hall–Kier alpha value is -3.10. The van der Waals surface area contributed by atoms with Gasteiger partial charge in [-0.1, -0.05) is 48.0 Å². The van der Waals surface area contributed by atoms with Crippen LogP contribution in [0.4, 0.5) is 23.3 Å². The number of para-hydroxylation sites is 1. The van der Waals surface area contributed by atoms with Crippen LogP contribution in [0, 0.1) is 0 Å².